The summed E-state index contributed by atoms with van der Waals surface area (Å²) < 4.78 is 14.2. The molecular formula is C35H33N3O4S. The molecule has 4 aromatic rings. The highest BCUT2D eigenvalue weighted by Gasteiger charge is 2.40. The zero-order chi connectivity index (χ0) is 29.8. The zero-order valence-electron chi connectivity index (χ0n) is 23.9. The van der Waals surface area contributed by atoms with Crippen molar-refractivity contribution in [1.29, 1.82) is 0 Å². The molecule has 0 N–H and O–H groups in total. The van der Waals surface area contributed by atoms with Crippen molar-refractivity contribution in [2.24, 2.45) is 0 Å². The molecule has 0 spiro atoms. The molecule has 0 bridgehead atoms. The predicted molar refractivity (Wildman–Crippen MR) is 170 cm³/mol. The van der Waals surface area contributed by atoms with Crippen molar-refractivity contribution in [3.8, 4) is 11.5 Å². The third-order valence-corrected chi connectivity index (χ3v) is 8.77. The summed E-state index contributed by atoms with van der Waals surface area (Å²) in [5.41, 5.74) is 4.03. The Morgan fingerprint density at radius 2 is 1.72 bits per heavy atom. The van der Waals surface area contributed by atoms with E-state index in [-0.39, 0.29) is 35.4 Å². The second kappa shape index (κ2) is 12.7. The van der Waals surface area contributed by atoms with E-state index in [0.717, 1.165) is 38.7 Å². The van der Waals surface area contributed by atoms with Gasteiger partial charge in [-0.25, -0.2) is 0 Å². The molecule has 1 amide bonds. The van der Waals surface area contributed by atoms with Crippen LogP contribution in [0.3, 0.4) is 0 Å². The number of fused-ring (bicyclic) bond motifs is 3. The average Bonchev–Trinajstić information content (AvgIpc) is 3.21. The Morgan fingerprint density at radius 3 is 2.53 bits per heavy atom. The van der Waals surface area contributed by atoms with E-state index in [0.29, 0.717) is 26.2 Å². The maximum atomic E-state index is 14.1. The van der Waals surface area contributed by atoms with E-state index in [2.05, 4.69) is 36.4 Å². The fraction of sp³-hybridized carbons (Fsp3) is 0.200. The van der Waals surface area contributed by atoms with Crippen LogP contribution in [0.15, 0.2) is 120 Å². The first kappa shape index (κ1) is 28.4. The van der Waals surface area contributed by atoms with Crippen LogP contribution in [0.2, 0.25) is 0 Å². The van der Waals surface area contributed by atoms with Gasteiger partial charge >= 0.3 is 0 Å². The second-order valence-corrected chi connectivity index (χ2v) is 11.4. The van der Waals surface area contributed by atoms with Gasteiger partial charge in [-0.2, -0.15) is 0 Å². The Balaban J connectivity index is 1.55. The van der Waals surface area contributed by atoms with Crippen molar-refractivity contribution < 1.29 is 14.3 Å². The van der Waals surface area contributed by atoms with Gasteiger partial charge in [0.2, 0.25) is 5.43 Å². The van der Waals surface area contributed by atoms with Gasteiger partial charge in [-0.1, -0.05) is 79.4 Å². The Kier molecular flexibility index (Phi) is 8.38. The lowest BCUT2D eigenvalue weighted by Gasteiger charge is -2.44. The Bertz CT molecular complexity index is 1720. The van der Waals surface area contributed by atoms with E-state index in [9.17, 15) is 9.59 Å². The molecular weight excluding hydrogens is 558 g/mol. The number of hydrogen-bond donors (Lipinski definition) is 0. The number of carbonyl (C=O) groups excluding carboxylic acids is 1. The summed E-state index contributed by atoms with van der Waals surface area (Å²) in [5.74, 6) is 1.31. The van der Waals surface area contributed by atoms with Crippen LogP contribution in [0, 0.1) is 0 Å². The third kappa shape index (κ3) is 5.58. The van der Waals surface area contributed by atoms with E-state index in [4.69, 9.17) is 9.47 Å². The van der Waals surface area contributed by atoms with Gasteiger partial charge in [-0.15, -0.1) is 18.3 Å². The van der Waals surface area contributed by atoms with Crippen molar-refractivity contribution in [1.82, 2.24) is 9.58 Å². The van der Waals surface area contributed by atoms with Crippen LogP contribution in [0.1, 0.15) is 45.2 Å². The van der Waals surface area contributed by atoms with E-state index in [1.807, 2.05) is 54.6 Å². The minimum atomic E-state index is -0.340. The molecule has 218 valence electrons. The number of amides is 1. The number of ether oxygens (including phenoxy) is 2. The molecule has 1 unspecified atom stereocenters. The predicted octanol–water partition coefficient (Wildman–Crippen LogP) is 6.31. The maximum Gasteiger partial charge on any atom is 0.277 e. The van der Waals surface area contributed by atoms with E-state index in [1.54, 1.807) is 39.7 Å². The highest BCUT2D eigenvalue weighted by Crippen LogP contribution is 2.46. The SMILES string of the molecule is C=CCCN1CN(C2c3ccccc3SCc3cccc(OCC=C)c32)n2ccc(=O)c(OCc3ccccc3)c2C1=O. The average molecular weight is 592 g/mol. The minimum absolute atomic E-state index is 0.0392. The molecule has 0 radical (unpaired) electrons. The molecule has 0 saturated heterocycles. The van der Waals surface area contributed by atoms with Crippen LogP contribution >= 0.6 is 11.8 Å². The standard InChI is InChI=1S/C35H33N3O4S/c1-3-5-19-36-24-38(37-20-18-28(39)34(33(37)35(36)40)42-22-25-12-7-6-8-13-25)32-27-15-9-10-17-30(27)43-23-26-14-11-16-29(31(26)32)41-21-4-2/h3-4,6-18,20,32H,1-2,5,19,21-24H2. The largest absolute Gasteiger partial charge is 0.489 e. The Morgan fingerprint density at radius 1 is 0.907 bits per heavy atom. The molecule has 7 nitrogen and oxygen atoms in total. The number of hydrogen-bond acceptors (Lipinski definition) is 6. The minimum Gasteiger partial charge on any atom is -0.489 e. The summed E-state index contributed by atoms with van der Waals surface area (Å²) in [5, 5.41) is 2.14. The molecule has 3 heterocycles. The summed E-state index contributed by atoms with van der Waals surface area (Å²) in [6.07, 6.45) is 5.83. The number of carbonyl (C=O) groups is 1. The monoisotopic (exact) mass is 591 g/mol. The summed E-state index contributed by atoms with van der Waals surface area (Å²) in [4.78, 5) is 30.3. The third-order valence-electron chi connectivity index (χ3n) is 7.63. The fourth-order valence-electron chi connectivity index (χ4n) is 5.63. The van der Waals surface area contributed by atoms with Crippen LogP contribution in [-0.2, 0) is 12.4 Å². The first-order chi connectivity index (χ1) is 21.1. The number of nitrogens with zero attached hydrogens (tertiary/aromatic N) is 3. The van der Waals surface area contributed by atoms with E-state index in [1.165, 1.54) is 6.07 Å². The molecule has 6 rings (SSSR count). The molecule has 8 heteroatoms. The number of thioether (sulfide) groups is 1. The molecule has 0 saturated carbocycles. The summed E-state index contributed by atoms with van der Waals surface area (Å²) in [6, 6.07) is 25.2. The summed E-state index contributed by atoms with van der Waals surface area (Å²) >= 11 is 1.78. The number of aromatic nitrogens is 1. The van der Waals surface area contributed by atoms with Gasteiger partial charge in [0.1, 0.15) is 31.7 Å². The Labute approximate surface area is 255 Å². The van der Waals surface area contributed by atoms with Crippen molar-refractivity contribution >= 4 is 17.7 Å². The first-order valence-corrected chi connectivity index (χ1v) is 15.3. The number of rotatable bonds is 10. The highest BCUT2D eigenvalue weighted by molar-refractivity contribution is 7.98. The van der Waals surface area contributed by atoms with Crippen molar-refractivity contribution in [2.75, 3.05) is 24.8 Å². The lowest BCUT2D eigenvalue weighted by atomic mass is 9.93. The van der Waals surface area contributed by atoms with Gasteiger partial charge < -0.3 is 14.4 Å². The van der Waals surface area contributed by atoms with Gasteiger partial charge in [0.25, 0.3) is 5.91 Å². The maximum absolute atomic E-state index is 14.1. The summed E-state index contributed by atoms with van der Waals surface area (Å²) in [6.45, 7) is 8.99. The van der Waals surface area contributed by atoms with Crippen molar-refractivity contribution in [2.45, 2.75) is 29.7 Å². The molecule has 0 fully saturated rings. The molecule has 1 aromatic heterocycles. The Hall–Kier alpha value is -4.69. The quantitative estimate of drug-likeness (QED) is 0.201. The molecule has 0 aliphatic carbocycles. The topological polar surface area (TPSA) is 64.0 Å². The smallest absolute Gasteiger partial charge is 0.277 e. The number of pyridine rings is 1. The van der Waals surface area contributed by atoms with Crippen molar-refractivity contribution in [3.63, 3.8) is 0 Å². The van der Waals surface area contributed by atoms with Crippen molar-refractivity contribution in [3.05, 3.63) is 149 Å². The molecule has 43 heavy (non-hydrogen) atoms. The van der Waals surface area contributed by atoms with Gasteiger partial charge in [-0.05, 0) is 35.2 Å². The highest BCUT2D eigenvalue weighted by atomic mass is 32.2. The lowest BCUT2D eigenvalue weighted by molar-refractivity contribution is 0.0679. The van der Waals surface area contributed by atoms with Gasteiger partial charge in [-0.3, -0.25) is 19.3 Å². The second-order valence-electron chi connectivity index (χ2n) is 10.4. The fourth-order valence-corrected chi connectivity index (χ4v) is 6.71. The molecule has 1 atom stereocenters. The normalized spacial score (nSPS) is 15.5. The number of benzene rings is 3. The van der Waals surface area contributed by atoms with E-state index < -0.39 is 0 Å². The summed E-state index contributed by atoms with van der Waals surface area (Å²) in [7, 11) is 0. The van der Waals surface area contributed by atoms with Gasteiger partial charge in [0, 0.05) is 35.0 Å². The van der Waals surface area contributed by atoms with E-state index >= 15 is 0 Å². The lowest BCUT2D eigenvalue weighted by Crippen LogP contribution is -2.56. The van der Waals surface area contributed by atoms with Crippen LogP contribution in [0.4, 0.5) is 0 Å². The first-order valence-electron chi connectivity index (χ1n) is 14.3. The molecule has 3 aromatic carbocycles. The van der Waals surface area contributed by atoms with Crippen LogP contribution in [0.25, 0.3) is 0 Å². The van der Waals surface area contributed by atoms with Gasteiger partial charge in [0.15, 0.2) is 11.4 Å². The zero-order valence-corrected chi connectivity index (χ0v) is 24.7. The molecule has 2 aliphatic rings. The van der Waals surface area contributed by atoms with Crippen LogP contribution in [-0.4, -0.2) is 35.3 Å². The van der Waals surface area contributed by atoms with Crippen LogP contribution in [0.5, 0.6) is 11.5 Å². The molecule has 2 aliphatic heterocycles. The van der Waals surface area contributed by atoms with Gasteiger partial charge in [0.05, 0.1) is 0 Å². The van der Waals surface area contributed by atoms with Crippen LogP contribution < -0.4 is 19.9 Å².